The average molecular weight is 363 g/mol. The van der Waals surface area contributed by atoms with Crippen LogP contribution in [0, 0.1) is 12.8 Å². The first kappa shape index (κ1) is 17.3. The quantitative estimate of drug-likeness (QED) is 0.771. The van der Waals surface area contributed by atoms with Crippen LogP contribution >= 0.6 is 0 Å². The van der Waals surface area contributed by atoms with Crippen LogP contribution in [-0.4, -0.2) is 34.8 Å². The standard InChI is InChI=1S/C21H21N3O3/c1-14-22-18-13-17(7-8-19(18)27-14)23-20(25)15-9-11-24(12-10-15)21(26)16-5-3-2-4-6-16/h2-8,13,15H,9-12H2,1H3,(H,23,25). The molecule has 0 unspecified atom stereocenters. The van der Waals surface area contributed by atoms with Gasteiger partial charge in [-0.25, -0.2) is 4.98 Å². The lowest BCUT2D eigenvalue weighted by Gasteiger charge is -2.31. The Morgan fingerprint density at radius 2 is 1.85 bits per heavy atom. The highest BCUT2D eigenvalue weighted by Gasteiger charge is 2.27. The Morgan fingerprint density at radius 1 is 1.11 bits per heavy atom. The van der Waals surface area contributed by atoms with Crippen molar-refractivity contribution in [1.82, 2.24) is 9.88 Å². The first-order valence-electron chi connectivity index (χ1n) is 9.12. The van der Waals surface area contributed by atoms with Crippen molar-refractivity contribution in [1.29, 1.82) is 0 Å². The van der Waals surface area contributed by atoms with Crippen LogP contribution in [0.4, 0.5) is 5.69 Å². The van der Waals surface area contributed by atoms with Gasteiger partial charge in [0.2, 0.25) is 5.91 Å². The van der Waals surface area contributed by atoms with Gasteiger partial charge in [0.1, 0.15) is 5.52 Å². The van der Waals surface area contributed by atoms with Gasteiger partial charge in [-0.15, -0.1) is 0 Å². The molecule has 2 heterocycles. The van der Waals surface area contributed by atoms with Crippen LogP contribution in [0.2, 0.25) is 0 Å². The molecule has 2 amide bonds. The smallest absolute Gasteiger partial charge is 0.253 e. The van der Waals surface area contributed by atoms with Crippen molar-refractivity contribution >= 4 is 28.6 Å². The highest BCUT2D eigenvalue weighted by Crippen LogP contribution is 2.23. The lowest BCUT2D eigenvalue weighted by Crippen LogP contribution is -2.41. The van der Waals surface area contributed by atoms with Gasteiger partial charge < -0.3 is 14.6 Å². The third-order valence-corrected chi connectivity index (χ3v) is 4.94. The molecule has 4 rings (SSSR count). The van der Waals surface area contributed by atoms with E-state index in [1.54, 1.807) is 6.92 Å². The minimum atomic E-state index is -0.0976. The summed E-state index contributed by atoms with van der Waals surface area (Å²) in [5, 5.41) is 2.96. The van der Waals surface area contributed by atoms with Crippen LogP contribution < -0.4 is 5.32 Å². The molecule has 1 aliphatic rings. The van der Waals surface area contributed by atoms with Gasteiger partial charge in [0.15, 0.2) is 11.5 Å². The fourth-order valence-electron chi connectivity index (χ4n) is 3.47. The van der Waals surface area contributed by atoms with Crippen LogP contribution in [0.15, 0.2) is 52.9 Å². The third kappa shape index (κ3) is 3.69. The number of nitrogens with one attached hydrogen (secondary N) is 1. The number of amides is 2. The van der Waals surface area contributed by atoms with Gasteiger partial charge in [0, 0.05) is 37.2 Å². The molecule has 0 atom stereocenters. The van der Waals surface area contributed by atoms with E-state index in [0.29, 0.717) is 48.7 Å². The average Bonchev–Trinajstić information content (AvgIpc) is 3.07. The second kappa shape index (κ2) is 7.23. The third-order valence-electron chi connectivity index (χ3n) is 4.94. The molecule has 6 heteroatoms. The fourth-order valence-corrected chi connectivity index (χ4v) is 3.47. The van der Waals surface area contributed by atoms with E-state index in [9.17, 15) is 9.59 Å². The van der Waals surface area contributed by atoms with Crippen molar-refractivity contribution in [2.24, 2.45) is 5.92 Å². The number of rotatable bonds is 3. The first-order chi connectivity index (χ1) is 13.1. The summed E-state index contributed by atoms with van der Waals surface area (Å²) in [5.74, 6) is 0.520. The predicted octanol–water partition coefficient (Wildman–Crippen LogP) is 3.63. The molecule has 1 fully saturated rings. The Balaban J connectivity index is 1.36. The molecular weight excluding hydrogens is 342 g/mol. The molecule has 0 saturated carbocycles. The van der Waals surface area contributed by atoms with E-state index in [1.165, 1.54) is 0 Å². The molecule has 0 radical (unpaired) electrons. The Morgan fingerprint density at radius 3 is 2.59 bits per heavy atom. The number of nitrogens with zero attached hydrogens (tertiary/aromatic N) is 2. The van der Waals surface area contributed by atoms with Crippen LogP contribution in [0.5, 0.6) is 0 Å². The van der Waals surface area contributed by atoms with Crippen molar-refractivity contribution in [2.45, 2.75) is 19.8 Å². The first-order valence-corrected chi connectivity index (χ1v) is 9.12. The van der Waals surface area contributed by atoms with E-state index < -0.39 is 0 Å². The van der Waals surface area contributed by atoms with Gasteiger partial charge in [-0.05, 0) is 43.2 Å². The molecule has 0 bridgehead atoms. The van der Waals surface area contributed by atoms with E-state index in [0.717, 1.165) is 5.52 Å². The highest BCUT2D eigenvalue weighted by atomic mass is 16.3. The van der Waals surface area contributed by atoms with Crippen molar-refractivity contribution in [3.8, 4) is 0 Å². The molecule has 1 aromatic heterocycles. The summed E-state index contributed by atoms with van der Waals surface area (Å²) >= 11 is 0. The number of fused-ring (bicyclic) bond motifs is 1. The zero-order chi connectivity index (χ0) is 18.8. The van der Waals surface area contributed by atoms with Crippen LogP contribution in [0.25, 0.3) is 11.1 Å². The number of hydrogen-bond donors (Lipinski definition) is 1. The monoisotopic (exact) mass is 363 g/mol. The molecule has 1 N–H and O–H groups in total. The summed E-state index contributed by atoms with van der Waals surface area (Å²) < 4.78 is 5.45. The normalized spacial score (nSPS) is 15.1. The maximum absolute atomic E-state index is 12.6. The Kier molecular flexibility index (Phi) is 4.62. The number of likely N-dealkylation sites (tertiary alicyclic amines) is 1. The lowest BCUT2D eigenvalue weighted by atomic mass is 9.95. The molecule has 6 nitrogen and oxygen atoms in total. The minimum Gasteiger partial charge on any atom is -0.441 e. The molecule has 1 saturated heterocycles. The molecule has 27 heavy (non-hydrogen) atoms. The van der Waals surface area contributed by atoms with Gasteiger partial charge in [-0.1, -0.05) is 18.2 Å². The summed E-state index contributed by atoms with van der Waals surface area (Å²) in [6.07, 6.45) is 1.32. The second-order valence-corrected chi connectivity index (χ2v) is 6.84. The van der Waals surface area contributed by atoms with Gasteiger partial charge >= 0.3 is 0 Å². The number of aryl methyl sites for hydroxylation is 1. The summed E-state index contributed by atoms with van der Waals surface area (Å²) in [6, 6.07) is 14.7. The highest BCUT2D eigenvalue weighted by molar-refractivity contribution is 5.96. The maximum atomic E-state index is 12.6. The maximum Gasteiger partial charge on any atom is 0.253 e. The largest absolute Gasteiger partial charge is 0.441 e. The number of hydrogen-bond acceptors (Lipinski definition) is 4. The summed E-state index contributed by atoms with van der Waals surface area (Å²) in [4.78, 5) is 31.2. The number of oxazole rings is 1. The number of carbonyl (C=O) groups is 2. The SMILES string of the molecule is Cc1nc2cc(NC(=O)C3CCN(C(=O)c4ccccc4)CC3)ccc2o1. The van der Waals surface area contributed by atoms with Crippen molar-refractivity contribution in [3.05, 3.63) is 60.0 Å². The van der Waals surface area contributed by atoms with Gasteiger partial charge in [-0.2, -0.15) is 0 Å². The summed E-state index contributed by atoms with van der Waals surface area (Å²) in [5.41, 5.74) is 2.84. The number of benzene rings is 2. The van der Waals surface area contributed by atoms with Gasteiger partial charge in [0.05, 0.1) is 0 Å². The molecule has 138 valence electrons. The number of anilines is 1. The molecule has 3 aromatic rings. The zero-order valence-corrected chi connectivity index (χ0v) is 15.1. The van der Waals surface area contributed by atoms with Gasteiger partial charge in [0.25, 0.3) is 5.91 Å². The van der Waals surface area contributed by atoms with Crippen LogP contribution in [-0.2, 0) is 4.79 Å². The van der Waals surface area contributed by atoms with E-state index >= 15 is 0 Å². The predicted molar refractivity (Wildman–Crippen MR) is 102 cm³/mol. The lowest BCUT2D eigenvalue weighted by molar-refractivity contribution is -0.121. The summed E-state index contributed by atoms with van der Waals surface area (Å²) in [6.45, 7) is 2.98. The number of aromatic nitrogens is 1. The number of piperidine rings is 1. The van der Waals surface area contributed by atoms with Crippen molar-refractivity contribution in [3.63, 3.8) is 0 Å². The second-order valence-electron chi connectivity index (χ2n) is 6.84. The number of carbonyl (C=O) groups excluding carboxylic acids is 2. The topological polar surface area (TPSA) is 75.4 Å². The fraction of sp³-hybridized carbons (Fsp3) is 0.286. The molecule has 0 spiro atoms. The van der Waals surface area contributed by atoms with Gasteiger partial charge in [-0.3, -0.25) is 9.59 Å². The van der Waals surface area contributed by atoms with E-state index in [2.05, 4.69) is 10.3 Å². The molecule has 2 aromatic carbocycles. The van der Waals surface area contributed by atoms with Crippen LogP contribution in [0.1, 0.15) is 29.1 Å². The van der Waals surface area contributed by atoms with E-state index in [4.69, 9.17) is 4.42 Å². The Hall–Kier alpha value is -3.15. The Labute approximate surface area is 157 Å². The molecular formula is C21H21N3O3. The van der Waals surface area contributed by atoms with Crippen molar-refractivity contribution < 1.29 is 14.0 Å². The Bertz CT molecular complexity index is 973. The van der Waals surface area contributed by atoms with E-state index in [-0.39, 0.29) is 17.7 Å². The molecule has 0 aliphatic carbocycles. The van der Waals surface area contributed by atoms with Crippen molar-refractivity contribution in [2.75, 3.05) is 18.4 Å². The molecule has 1 aliphatic heterocycles. The zero-order valence-electron chi connectivity index (χ0n) is 15.1. The minimum absolute atomic E-state index is 0.0126. The summed E-state index contributed by atoms with van der Waals surface area (Å²) in [7, 11) is 0. The van der Waals surface area contributed by atoms with Crippen LogP contribution in [0.3, 0.4) is 0 Å². The van der Waals surface area contributed by atoms with E-state index in [1.807, 2.05) is 53.4 Å².